The van der Waals surface area contributed by atoms with Gasteiger partial charge in [-0.05, 0) is 42.9 Å². The maximum Gasteiger partial charge on any atom is 0.292 e. The van der Waals surface area contributed by atoms with Crippen molar-refractivity contribution in [2.24, 2.45) is 0 Å². The molecule has 1 amide bonds. The van der Waals surface area contributed by atoms with Crippen LogP contribution in [0.1, 0.15) is 35.8 Å². The lowest BCUT2D eigenvalue weighted by Crippen LogP contribution is -2.38. The summed E-state index contributed by atoms with van der Waals surface area (Å²) in [4.78, 5) is 25.2. The minimum absolute atomic E-state index is 0.0268. The Hall–Kier alpha value is -3.13. The minimum Gasteiger partial charge on any atom is -0.497 e. The van der Waals surface area contributed by atoms with Crippen LogP contribution in [0.4, 0.5) is 11.4 Å². The number of likely N-dealkylation sites (N-methyl/N-ethyl adjacent to an activating group) is 1. The minimum atomic E-state index is -0.596. The summed E-state index contributed by atoms with van der Waals surface area (Å²) in [6, 6.07) is 11.7. The van der Waals surface area contributed by atoms with Crippen LogP contribution in [0.25, 0.3) is 0 Å². The van der Waals surface area contributed by atoms with Crippen molar-refractivity contribution >= 4 is 17.3 Å². The molecule has 1 atom stereocenters. The summed E-state index contributed by atoms with van der Waals surface area (Å²) in [7, 11) is 1.61. The van der Waals surface area contributed by atoms with Crippen LogP contribution in [0.5, 0.6) is 5.75 Å². The zero-order valence-corrected chi connectivity index (χ0v) is 16.3. The second-order valence-corrected chi connectivity index (χ2v) is 6.25. The van der Waals surface area contributed by atoms with E-state index in [9.17, 15) is 14.9 Å². The number of nitrogens with two attached hydrogens (primary N) is 1. The van der Waals surface area contributed by atoms with Crippen molar-refractivity contribution in [2.75, 3.05) is 32.5 Å². The smallest absolute Gasteiger partial charge is 0.292 e. The number of nitro benzene ring substituents is 1. The molecule has 0 fully saturated rings. The number of methoxy groups -OCH3 is 1. The van der Waals surface area contributed by atoms with Crippen molar-refractivity contribution in [3.05, 3.63) is 63.7 Å². The third-order valence-electron chi connectivity index (χ3n) is 4.68. The van der Waals surface area contributed by atoms with E-state index in [1.54, 1.807) is 7.11 Å². The largest absolute Gasteiger partial charge is 0.497 e. The molecule has 0 aromatic heterocycles. The number of benzene rings is 2. The van der Waals surface area contributed by atoms with Gasteiger partial charge in [-0.15, -0.1) is 0 Å². The third-order valence-corrected chi connectivity index (χ3v) is 4.68. The Morgan fingerprint density at radius 3 is 2.57 bits per heavy atom. The Kier molecular flexibility index (Phi) is 7.34. The van der Waals surface area contributed by atoms with Gasteiger partial charge in [-0.1, -0.05) is 26.0 Å². The lowest BCUT2D eigenvalue weighted by molar-refractivity contribution is -0.383. The van der Waals surface area contributed by atoms with Crippen molar-refractivity contribution in [1.82, 2.24) is 10.2 Å². The number of nitrogen functional groups attached to an aromatic ring is 1. The number of carbonyl (C=O) groups is 1. The number of anilines is 1. The van der Waals surface area contributed by atoms with Crippen molar-refractivity contribution in [3.63, 3.8) is 0 Å². The van der Waals surface area contributed by atoms with Gasteiger partial charge in [0.05, 0.1) is 18.1 Å². The van der Waals surface area contributed by atoms with E-state index in [1.165, 1.54) is 18.2 Å². The highest BCUT2D eigenvalue weighted by molar-refractivity contribution is 5.95. The van der Waals surface area contributed by atoms with Gasteiger partial charge >= 0.3 is 0 Å². The zero-order valence-electron chi connectivity index (χ0n) is 16.3. The Morgan fingerprint density at radius 2 is 1.96 bits per heavy atom. The number of nitro groups is 1. The molecule has 0 aliphatic carbocycles. The zero-order chi connectivity index (χ0) is 20.7. The Balaban J connectivity index is 2.22. The van der Waals surface area contributed by atoms with Gasteiger partial charge in [0, 0.05) is 18.2 Å². The van der Waals surface area contributed by atoms with E-state index in [-0.39, 0.29) is 28.9 Å². The second-order valence-electron chi connectivity index (χ2n) is 6.25. The summed E-state index contributed by atoms with van der Waals surface area (Å²) in [5.41, 5.74) is 6.57. The average Bonchev–Trinajstić information content (AvgIpc) is 2.71. The number of hydrogen-bond donors (Lipinski definition) is 2. The molecule has 3 N–H and O–H groups in total. The third kappa shape index (κ3) is 4.98. The first-order valence-corrected chi connectivity index (χ1v) is 9.11. The first kappa shape index (κ1) is 21.2. The summed E-state index contributed by atoms with van der Waals surface area (Å²) in [5.74, 6) is 0.360. The first-order valence-electron chi connectivity index (χ1n) is 9.11. The lowest BCUT2D eigenvalue weighted by Gasteiger charge is -2.30. The van der Waals surface area contributed by atoms with E-state index in [2.05, 4.69) is 24.1 Å². The van der Waals surface area contributed by atoms with E-state index in [0.717, 1.165) is 24.4 Å². The Labute approximate surface area is 164 Å². The van der Waals surface area contributed by atoms with Crippen LogP contribution < -0.4 is 15.8 Å². The molecule has 0 radical (unpaired) electrons. The van der Waals surface area contributed by atoms with Crippen LogP contribution in [-0.2, 0) is 0 Å². The summed E-state index contributed by atoms with van der Waals surface area (Å²) in [6.45, 7) is 6.08. The van der Waals surface area contributed by atoms with Gasteiger partial charge in [-0.25, -0.2) is 0 Å². The first-order chi connectivity index (χ1) is 13.4. The number of nitrogens with one attached hydrogen (secondary N) is 1. The molecule has 0 saturated heterocycles. The number of hydrogen-bond acceptors (Lipinski definition) is 6. The topological polar surface area (TPSA) is 111 Å². The molecule has 8 nitrogen and oxygen atoms in total. The van der Waals surface area contributed by atoms with Gasteiger partial charge < -0.3 is 15.8 Å². The highest BCUT2D eigenvalue weighted by Crippen LogP contribution is 2.25. The molecule has 8 heteroatoms. The molecule has 0 heterocycles. The molecule has 2 aromatic rings. The van der Waals surface area contributed by atoms with Crippen LogP contribution >= 0.6 is 0 Å². The van der Waals surface area contributed by atoms with Crippen molar-refractivity contribution in [3.8, 4) is 5.75 Å². The Morgan fingerprint density at radius 1 is 1.25 bits per heavy atom. The van der Waals surface area contributed by atoms with E-state index >= 15 is 0 Å². The fraction of sp³-hybridized carbons (Fsp3) is 0.350. The number of carbonyl (C=O) groups excluding carboxylic acids is 1. The van der Waals surface area contributed by atoms with E-state index in [4.69, 9.17) is 10.5 Å². The highest BCUT2D eigenvalue weighted by atomic mass is 16.6. The maximum atomic E-state index is 12.6. The molecule has 0 aliphatic heterocycles. The van der Waals surface area contributed by atoms with Crippen LogP contribution in [0, 0.1) is 10.1 Å². The molecule has 28 heavy (non-hydrogen) atoms. The molecule has 0 spiro atoms. The number of nitrogens with zero attached hydrogens (tertiary/aromatic N) is 2. The van der Waals surface area contributed by atoms with Gasteiger partial charge in [-0.2, -0.15) is 0 Å². The predicted octanol–water partition coefficient (Wildman–Crippen LogP) is 3.00. The van der Waals surface area contributed by atoms with Gasteiger partial charge in [0.2, 0.25) is 0 Å². The molecule has 150 valence electrons. The molecule has 1 unspecified atom stereocenters. The van der Waals surface area contributed by atoms with Crippen molar-refractivity contribution < 1.29 is 14.5 Å². The highest BCUT2D eigenvalue weighted by Gasteiger charge is 2.21. The fourth-order valence-corrected chi connectivity index (χ4v) is 3.11. The van der Waals surface area contributed by atoms with Gasteiger partial charge in [-0.3, -0.25) is 19.8 Å². The number of rotatable bonds is 9. The maximum absolute atomic E-state index is 12.6. The van der Waals surface area contributed by atoms with Gasteiger partial charge in [0.15, 0.2) is 0 Å². The van der Waals surface area contributed by atoms with Gasteiger partial charge in [0.25, 0.3) is 11.6 Å². The predicted molar refractivity (Wildman–Crippen MR) is 108 cm³/mol. The summed E-state index contributed by atoms with van der Waals surface area (Å²) < 4.78 is 5.31. The second kappa shape index (κ2) is 9.70. The number of ether oxygens (including phenoxy) is 1. The summed E-state index contributed by atoms with van der Waals surface area (Å²) in [6.07, 6.45) is 0. The van der Waals surface area contributed by atoms with E-state index in [0.29, 0.717) is 6.54 Å². The average molecular weight is 386 g/mol. The number of amides is 1. The van der Waals surface area contributed by atoms with Crippen molar-refractivity contribution in [2.45, 2.75) is 19.9 Å². The SMILES string of the molecule is CCN(CC)C(CNC(=O)c1ccc(N)c([N+](=O)[O-])c1)c1cccc(OC)c1. The van der Waals surface area contributed by atoms with Crippen LogP contribution in [0.2, 0.25) is 0 Å². The van der Waals surface area contributed by atoms with Crippen LogP contribution in [0.15, 0.2) is 42.5 Å². The van der Waals surface area contributed by atoms with Crippen molar-refractivity contribution in [1.29, 1.82) is 0 Å². The molecule has 0 bridgehead atoms. The molecule has 0 aliphatic rings. The fourth-order valence-electron chi connectivity index (χ4n) is 3.11. The van der Waals surface area contributed by atoms with E-state index < -0.39 is 4.92 Å². The van der Waals surface area contributed by atoms with Gasteiger partial charge in [0.1, 0.15) is 11.4 Å². The normalized spacial score (nSPS) is 11.9. The summed E-state index contributed by atoms with van der Waals surface area (Å²) >= 11 is 0. The molecular weight excluding hydrogens is 360 g/mol. The quantitative estimate of drug-likeness (QED) is 0.389. The molecule has 2 aromatic carbocycles. The van der Waals surface area contributed by atoms with Crippen LogP contribution in [-0.4, -0.2) is 42.5 Å². The summed E-state index contributed by atoms with van der Waals surface area (Å²) in [5, 5.41) is 13.9. The monoisotopic (exact) mass is 386 g/mol. The van der Waals surface area contributed by atoms with E-state index in [1.807, 2.05) is 24.3 Å². The Bertz CT molecular complexity index is 837. The lowest BCUT2D eigenvalue weighted by atomic mass is 10.0. The molecule has 2 rings (SSSR count). The molecule has 0 saturated carbocycles. The van der Waals surface area contributed by atoms with Crippen LogP contribution in [0.3, 0.4) is 0 Å². The standard InChI is InChI=1S/C20H26N4O4/c1-4-23(5-2)19(14-7-6-8-16(11-14)28-3)13-22-20(25)15-9-10-17(21)18(12-15)24(26)27/h6-12,19H,4-5,13,21H2,1-3H3,(H,22,25). The molecular formula is C20H26N4O4.